The fraction of sp³-hybridized carbons (Fsp3) is 0.702. The molecule has 4 N–H and O–H groups in total. The molecule has 0 spiro atoms. The van der Waals surface area contributed by atoms with Crippen molar-refractivity contribution in [3.05, 3.63) is 35.9 Å². The third-order valence-corrected chi connectivity index (χ3v) is 11.7. The van der Waals surface area contributed by atoms with Gasteiger partial charge >= 0.3 is 5.97 Å². The molecule has 3 aromatic rings. The Kier molecular flexibility index (Phi) is 27.2. The van der Waals surface area contributed by atoms with Crippen LogP contribution in [0.3, 0.4) is 0 Å². The van der Waals surface area contributed by atoms with Gasteiger partial charge in [-0.25, -0.2) is 9.78 Å². The number of aliphatic hydroxyl groups excluding tert-OH is 3. The first kappa shape index (κ1) is 48.4. The van der Waals surface area contributed by atoms with E-state index in [-0.39, 0.29) is 5.56 Å². The number of carboxylic acids is 1. The summed E-state index contributed by atoms with van der Waals surface area (Å²) >= 11 is 1.53. The largest absolute Gasteiger partial charge is 0.490 e. The summed E-state index contributed by atoms with van der Waals surface area (Å²) in [4.78, 5) is 16.5. The average molecular weight is 814 g/mol. The highest BCUT2D eigenvalue weighted by Gasteiger charge is 2.19. The predicted octanol–water partition coefficient (Wildman–Crippen LogP) is 12.3. The third kappa shape index (κ3) is 21.1. The van der Waals surface area contributed by atoms with Crippen LogP contribution in [0.25, 0.3) is 20.8 Å². The van der Waals surface area contributed by atoms with Crippen molar-refractivity contribution >= 4 is 27.5 Å². The van der Waals surface area contributed by atoms with E-state index in [1.54, 1.807) is 12.1 Å². The van der Waals surface area contributed by atoms with Crippen molar-refractivity contribution in [2.75, 3.05) is 39.6 Å². The van der Waals surface area contributed by atoms with Crippen LogP contribution in [0, 0.1) is 0 Å². The second-order valence-corrected chi connectivity index (χ2v) is 16.6. The van der Waals surface area contributed by atoms with Gasteiger partial charge in [0.05, 0.1) is 35.6 Å². The average Bonchev–Trinajstić information content (AvgIpc) is 3.65. The molecule has 1 aromatic heterocycles. The van der Waals surface area contributed by atoms with Gasteiger partial charge in [-0.15, -0.1) is 11.3 Å². The smallest absolute Gasteiger partial charge is 0.335 e. The molecular weight excluding hydrogens is 739 g/mol. The Balaban J connectivity index is 1.68. The van der Waals surface area contributed by atoms with Gasteiger partial charge in [0.25, 0.3) is 0 Å². The standard InChI is InChI=1S/C47H75NO8S/c49-30-22-16-10-4-1-7-13-19-25-33-54-42-37-40(46-48-41-36-39(47(52)53)28-29-44(41)57-46)38-43(55-34-26-20-14-8-2-5-11-17-23-31-50)45(42)56-35-27-21-15-9-3-6-12-18-24-32-51/h28-29,36-38,49-51H,1-27,30-35H2,(H,52,53). The molecule has 0 aliphatic rings. The maximum Gasteiger partial charge on any atom is 0.335 e. The number of nitrogens with zero attached hydrogens (tertiary/aromatic N) is 1. The number of carboxylic acid groups (broad SMARTS) is 1. The Morgan fingerprint density at radius 3 is 1.25 bits per heavy atom. The van der Waals surface area contributed by atoms with E-state index < -0.39 is 5.97 Å². The Bertz CT molecular complexity index is 1420. The number of carbonyl (C=O) groups is 1. The van der Waals surface area contributed by atoms with Crippen LogP contribution in [-0.2, 0) is 0 Å². The van der Waals surface area contributed by atoms with Crippen LogP contribution in [0.5, 0.6) is 17.2 Å². The van der Waals surface area contributed by atoms with Gasteiger partial charge < -0.3 is 34.6 Å². The number of hydrogen-bond acceptors (Lipinski definition) is 9. The predicted molar refractivity (Wildman–Crippen MR) is 234 cm³/mol. The molecule has 0 atom stereocenters. The topological polar surface area (TPSA) is 139 Å². The minimum atomic E-state index is -0.968. The minimum Gasteiger partial charge on any atom is -0.490 e. The number of fused-ring (bicyclic) bond motifs is 1. The van der Waals surface area contributed by atoms with Crippen LogP contribution >= 0.6 is 11.3 Å². The summed E-state index contributed by atoms with van der Waals surface area (Å²) in [5.41, 5.74) is 1.75. The zero-order valence-electron chi connectivity index (χ0n) is 35.0. The summed E-state index contributed by atoms with van der Waals surface area (Å²) in [6.45, 7) is 2.62. The third-order valence-electron chi connectivity index (χ3n) is 10.6. The Hall–Kier alpha value is -2.92. The molecule has 0 unspecified atom stereocenters. The molecule has 10 heteroatoms. The van der Waals surface area contributed by atoms with Crippen molar-refractivity contribution in [3.63, 3.8) is 0 Å². The SMILES string of the molecule is O=C(O)c1ccc2sc(-c3cc(OCCCCCCCCCCCO)c(OCCCCCCCCCCCO)c(OCCCCCCCCCCCO)c3)nc2c1. The highest BCUT2D eigenvalue weighted by Crippen LogP contribution is 2.44. The molecule has 0 amide bonds. The molecule has 322 valence electrons. The van der Waals surface area contributed by atoms with E-state index in [0.717, 1.165) is 92.3 Å². The molecule has 0 aliphatic heterocycles. The van der Waals surface area contributed by atoms with Gasteiger partial charge in [-0.3, -0.25) is 0 Å². The number of aliphatic hydroxyl groups is 3. The van der Waals surface area contributed by atoms with Crippen molar-refractivity contribution in [2.45, 2.75) is 173 Å². The first-order chi connectivity index (χ1) is 28.1. The second kappa shape index (κ2) is 32.0. The molecule has 2 aromatic carbocycles. The molecule has 0 fully saturated rings. The van der Waals surface area contributed by atoms with Crippen molar-refractivity contribution in [1.82, 2.24) is 4.98 Å². The molecule has 0 saturated heterocycles. The lowest BCUT2D eigenvalue weighted by atomic mass is 10.1. The van der Waals surface area contributed by atoms with Gasteiger partial charge in [-0.05, 0) is 68.9 Å². The quantitative estimate of drug-likeness (QED) is 0.0416. The fourth-order valence-corrected chi connectivity index (χ4v) is 8.07. The van der Waals surface area contributed by atoms with Gasteiger partial charge in [-0.2, -0.15) is 0 Å². The molecule has 3 rings (SSSR count). The van der Waals surface area contributed by atoms with Crippen LogP contribution in [0.4, 0.5) is 0 Å². The maximum absolute atomic E-state index is 11.7. The number of ether oxygens (including phenoxy) is 3. The van der Waals surface area contributed by atoms with Crippen LogP contribution in [-0.4, -0.2) is 71.0 Å². The van der Waals surface area contributed by atoms with E-state index in [2.05, 4.69) is 0 Å². The van der Waals surface area contributed by atoms with E-state index in [9.17, 15) is 9.90 Å². The molecule has 57 heavy (non-hydrogen) atoms. The number of thiazole rings is 1. The zero-order valence-corrected chi connectivity index (χ0v) is 35.8. The first-order valence-electron chi connectivity index (χ1n) is 22.6. The Labute approximate surface area is 347 Å². The van der Waals surface area contributed by atoms with E-state index >= 15 is 0 Å². The van der Waals surface area contributed by atoms with Gasteiger partial charge in [-0.1, -0.05) is 135 Å². The summed E-state index contributed by atoms with van der Waals surface area (Å²) in [5, 5.41) is 37.3. The van der Waals surface area contributed by atoms with Crippen LogP contribution in [0.2, 0.25) is 0 Å². The monoisotopic (exact) mass is 814 g/mol. The molecule has 0 radical (unpaired) electrons. The number of benzene rings is 2. The lowest BCUT2D eigenvalue weighted by Gasteiger charge is -2.18. The van der Waals surface area contributed by atoms with Crippen LogP contribution in [0.1, 0.15) is 184 Å². The number of hydrogen-bond donors (Lipinski definition) is 4. The summed E-state index contributed by atoms with van der Waals surface area (Å²) < 4.78 is 20.5. The van der Waals surface area contributed by atoms with Crippen molar-refractivity contribution in [3.8, 4) is 27.8 Å². The summed E-state index contributed by atoms with van der Waals surface area (Å²) in [5.74, 6) is 1.02. The second-order valence-electron chi connectivity index (χ2n) is 15.6. The van der Waals surface area contributed by atoms with Crippen molar-refractivity contribution < 1.29 is 39.4 Å². The Morgan fingerprint density at radius 1 is 0.491 bits per heavy atom. The molecular formula is C47H75NO8S. The van der Waals surface area contributed by atoms with Crippen molar-refractivity contribution in [2.24, 2.45) is 0 Å². The lowest BCUT2D eigenvalue weighted by Crippen LogP contribution is -2.06. The van der Waals surface area contributed by atoms with Gasteiger partial charge in [0.1, 0.15) is 5.01 Å². The molecule has 0 saturated carbocycles. The normalized spacial score (nSPS) is 11.4. The molecule has 1 heterocycles. The van der Waals surface area contributed by atoms with E-state index in [0.29, 0.717) is 62.4 Å². The molecule has 0 bridgehead atoms. The maximum atomic E-state index is 11.7. The fourth-order valence-electron chi connectivity index (χ4n) is 7.13. The number of aromatic nitrogens is 1. The molecule has 9 nitrogen and oxygen atoms in total. The number of unbranched alkanes of at least 4 members (excludes halogenated alkanes) is 24. The highest BCUT2D eigenvalue weighted by atomic mass is 32.1. The lowest BCUT2D eigenvalue weighted by molar-refractivity contribution is 0.0697. The molecule has 0 aliphatic carbocycles. The minimum absolute atomic E-state index is 0.220. The summed E-state index contributed by atoms with van der Waals surface area (Å²) in [6.07, 6.45) is 30.4. The van der Waals surface area contributed by atoms with E-state index in [1.165, 1.54) is 108 Å². The van der Waals surface area contributed by atoms with Crippen LogP contribution < -0.4 is 14.2 Å². The van der Waals surface area contributed by atoms with E-state index in [4.69, 9.17) is 34.5 Å². The van der Waals surface area contributed by atoms with Gasteiger partial charge in [0, 0.05) is 25.4 Å². The summed E-state index contributed by atoms with van der Waals surface area (Å²) in [7, 11) is 0. The number of rotatable bonds is 38. The van der Waals surface area contributed by atoms with Gasteiger partial charge in [0.2, 0.25) is 5.75 Å². The van der Waals surface area contributed by atoms with Gasteiger partial charge in [0.15, 0.2) is 11.5 Å². The summed E-state index contributed by atoms with van der Waals surface area (Å²) in [6, 6.07) is 9.11. The van der Waals surface area contributed by atoms with E-state index in [1.807, 2.05) is 18.2 Å². The zero-order chi connectivity index (χ0) is 40.6. The highest BCUT2D eigenvalue weighted by molar-refractivity contribution is 7.21. The van der Waals surface area contributed by atoms with Crippen molar-refractivity contribution in [1.29, 1.82) is 0 Å². The Morgan fingerprint density at radius 2 is 0.860 bits per heavy atom. The first-order valence-corrected chi connectivity index (χ1v) is 23.4. The van der Waals surface area contributed by atoms with Crippen LogP contribution in [0.15, 0.2) is 30.3 Å². The number of aromatic carboxylic acids is 1.